The average molecular weight is 373 g/mol. The lowest BCUT2D eigenvalue weighted by Crippen LogP contribution is -1.94. The molecule has 28 heavy (non-hydrogen) atoms. The van der Waals surface area contributed by atoms with E-state index in [-0.39, 0.29) is 0 Å². The summed E-state index contributed by atoms with van der Waals surface area (Å²) in [5.41, 5.74) is 7.24. The molecular formula is C26H32N2. The summed E-state index contributed by atoms with van der Waals surface area (Å²) in [6.07, 6.45) is 7.30. The predicted octanol–water partition coefficient (Wildman–Crippen LogP) is 7.86. The fourth-order valence-corrected chi connectivity index (χ4v) is 3.28. The van der Waals surface area contributed by atoms with E-state index in [0.29, 0.717) is 0 Å². The van der Waals surface area contributed by atoms with Crippen molar-refractivity contribution in [2.45, 2.75) is 52.4 Å². The normalized spacial score (nSPS) is 10.6. The van der Waals surface area contributed by atoms with E-state index in [2.05, 4.69) is 97.3 Å². The Hall–Kier alpha value is -2.74. The molecule has 0 aromatic heterocycles. The Morgan fingerprint density at radius 3 is 1.36 bits per heavy atom. The first-order valence-electron chi connectivity index (χ1n) is 10.6. The molecular weight excluding hydrogens is 340 g/mol. The number of nitrogens with one attached hydrogen (secondary N) is 2. The van der Waals surface area contributed by atoms with Crippen LogP contribution in [0.2, 0.25) is 0 Å². The van der Waals surface area contributed by atoms with Gasteiger partial charge in [0, 0.05) is 22.7 Å². The summed E-state index contributed by atoms with van der Waals surface area (Å²) in [5.74, 6) is 0. The van der Waals surface area contributed by atoms with Crippen LogP contribution in [0.3, 0.4) is 0 Å². The van der Waals surface area contributed by atoms with E-state index in [1.807, 2.05) is 0 Å². The molecule has 0 bridgehead atoms. The number of aryl methyl sites for hydroxylation is 2. The molecule has 0 atom stereocenters. The van der Waals surface area contributed by atoms with Crippen LogP contribution in [0.1, 0.15) is 50.7 Å². The zero-order valence-corrected chi connectivity index (χ0v) is 17.2. The number of unbranched alkanes of at least 4 members (excludes halogenated alkanes) is 2. The Bertz CT molecular complexity index is 766. The number of benzene rings is 3. The van der Waals surface area contributed by atoms with Crippen molar-refractivity contribution >= 4 is 22.7 Å². The largest absolute Gasteiger partial charge is 0.355 e. The van der Waals surface area contributed by atoms with Gasteiger partial charge in [0.25, 0.3) is 0 Å². The van der Waals surface area contributed by atoms with Crippen LogP contribution in [0, 0.1) is 0 Å². The average Bonchev–Trinajstić information content (AvgIpc) is 2.73. The van der Waals surface area contributed by atoms with E-state index in [1.165, 1.54) is 36.8 Å². The van der Waals surface area contributed by atoms with Gasteiger partial charge in [-0.2, -0.15) is 0 Å². The second-order valence-corrected chi connectivity index (χ2v) is 7.43. The van der Waals surface area contributed by atoms with Crippen molar-refractivity contribution in [3.8, 4) is 0 Å². The summed E-state index contributed by atoms with van der Waals surface area (Å²) in [6.45, 7) is 4.47. The Morgan fingerprint density at radius 1 is 0.536 bits per heavy atom. The number of rotatable bonds is 10. The van der Waals surface area contributed by atoms with Gasteiger partial charge in [-0.25, -0.2) is 0 Å². The zero-order valence-electron chi connectivity index (χ0n) is 17.2. The quantitative estimate of drug-likeness (QED) is 0.378. The van der Waals surface area contributed by atoms with Gasteiger partial charge in [0.05, 0.1) is 0 Å². The fraction of sp³-hybridized carbons (Fsp3) is 0.308. The highest BCUT2D eigenvalue weighted by Crippen LogP contribution is 2.24. The number of hydrogen-bond acceptors (Lipinski definition) is 2. The summed E-state index contributed by atoms with van der Waals surface area (Å²) < 4.78 is 0. The Balaban J connectivity index is 1.60. The van der Waals surface area contributed by atoms with E-state index in [1.54, 1.807) is 0 Å². The van der Waals surface area contributed by atoms with Crippen molar-refractivity contribution in [1.29, 1.82) is 0 Å². The van der Waals surface area contributed by atoms with Crippen LogP contribution in [-0.4, -0.2) is 0 Å². The standard InChI is InChI=1S/C26H32N2/c1-3-5-8-21-12-16-23(17-13-21)27-25-10-7-11-26(20-25)28-24-18-14-22(15-19-24)9-6-4-2/h7,10-20,27-28H,3-6,8-9H2,1-2H3. The topological polar surface area (TPSA) is 24.1 Å². The molecule has 0 fully saturated rings. The molecule has 3 rings (SSSR count). The first-order chi connectivity index (χ1) is 13.8. The van der Waals surface area contributed by atoms with Gasteiger partial charge in [-0.3, -0.25) is 0 Å². The highest BCUT2D eigenvalue weighted by atomic mass is 14.9. The van der Waals surface area contributed by atoms with E-state index < -0.39 is 0 Å². The maximum atomic E-state index is 3.51. The Morgan fingerprint density at radius 2 is 0.964 bits per heavy atom. The van der Waals surface area contributed by atoms with Crippen LogP contribution in [0.5, 0.6) is 0 Å². The van der Waals surface area contributed by atoms with Gasteiger partial charge in [0.15, 0.2) is 0 Å². The van der Waals surface area contributed by atoms with E-state index in [4.69, 9.17) is 0 Å². The number of hydrogen-bond donors (Lipinski definition) is 2. The lowest BCUT2D eigenvalue weighted by molar-refractivity contribution is 0.795. The maximum Gasteiger partial charge on any atom is 0.0405 e. The summed E-state index contributed by atoms with van der Waals surface area (Å²) in [5, 5.41) is 7.01. The van der Waals surface area contributed by atoms with Gasteiger partial charge in [-0.05, 0) is 79.3 Å². The van der Waals surface area contributed by atoms with Gasteiger partial charge < -0.3 is 10.6 Å². The molecule has 0 saturated carbocycles. The number of anilines is 4. The third-order valence-corrected chi connectivity index (χ3v) is 4.99. The smallest absolute Gasteiger partial charge is 0.0405 e. The zero-order chi connectivity index (χ0) is 19.6. The molecule has 0 saturated heterocycles. The van der Waals surface area contributed by atoms with Crippen LogP contribution < -0.4 is 10.6 Å². The van der Waals surface area contributed by atoms with Crippen LogP contribution in [0.15, 0.2) is 72.8 Å². The van der Waals surface area contributed by atoms with Crippen LogP contribution in [-0.2, 0) is 12.8 Å². The summed E-state index contributed by atoms with van der Waals surface area (Å²) in [7, 11) is 0. The van der Waals surface area contributed by atoms with Crippen molar-refractivity contribution in [1.82, 2.24) is 0 Å². The summed E-state index contributed by atoms with van der Waals surface area (Å²) in [6, 6.07) is 26.0. The van der Waals surface area contributed by atoms with Gasteiger partial charge in [0.1, 0.15) is 0 Å². The molecule has 2 heteroatoms. The molecule has 0 spiro atoms. The van der Waals surface area contributed by atoms with Gasteiger partial charge in [0.2, 0.25) is 0 Å². The fourth-order valence-electron chi connectivity index (χ4n) is 3.28. The maximum absolute atomic E-state index is 3.51. The van der Waals surface area contributed by atoms with Gasteiger partial charge >= 0.3 is 0 Å². The summed E-state index contributed by atoms with van der Waals surface area (Å²) in [4.78, 5) is 0. The predicted molar refractivity (Wildman–Crippen MR) is 123 cm³/mol. The summed E-state index contributed by atoms with van der Waals surface area (Å²) >= 11 is 0. The minimum Gasteiger partial charge on any atom is -0.355 e. The molecule has 0 heterocycles. The van der Waals surface area contributed by atoms with Crippen molar-refractivity contribution in [2.24, 2.45) is 0 Å². The van der Waals surface area contributed by atoms with Crippen LogP contribution in [0.4, 0.5) is 22.7 Å². The van der Waals surface area contributed by atoms with E-state index >= 15 is 0 Å². The second kappa shape index (κ2) is 10.6. The third-order valence-electron chi connectivity index (χ3n) is 4.99. The minimum atomic E-state index is 1.09. The Kier molecular flexibility index (Phi) is 7.54. The molecule has 0 radical (unpaired) electrons. The van der Waals surface area contributed by atoms with Gasteiger partial charge in [-0.1, -0.05) is 57.0 Å². The Labute approximate surface area is 170 Å². The van der Waals surface area contributed by atoms with Crippen molar-refractivity contribution in [3.63, 3.8) is 0 Å². The molecule has 0 unspecified atom stereocenters. The molecule has 3 aromatic rings. The lowest BCUT2D eigenvalue weighted by atomic mass is 10.1. The molecule has 0 aliphatic heterocycles. The first-order valence-corrected chi connectivity index (χ1v) is 10.6. The monoisotopic (exact) mass is 372 g/mol. The molecule has 0 aliphatic carbocycles. The van der Waals surface area contributed by atoms with Gasteiger partial charge in [-0.15, -0.1) is 0 Å². The SMILES string of the molecule is CCCCc1ccc(Nc2cccc(Nc3ccc(CCCC)cc3)c2)cc1. The highest BCUT2D eigenvalue weighted by molar-refractivity contribution is 5.68. The second-order valence-electron chi connectivity index (χ2n) is 7.43. The molecule has 0 amide bonds. The minimum absolute atomic E-state index is 1.09. The van der Waals surface area contributed by atoms with Crippen molar-refractivity contribution in [3.05, 3.63) is 83.9 Å². The van der Waals surface area contributed by atoms with Crippen LogP contribution in [0.25, 0.3) is 0 Å². The highest BCUT2D eigenvalue weighted by Gasteiger charge is 2.00. The first kappa shape index (κ1) is 20.0. The van der Waals surface area contributed by atoms with E-state index in [9.17, 15) is 0 Å². The molecule has 2 N–H and O–H groups in total. The molecule has 0 aliphatic rings. The molecule has 146 valence electrons. The molecule has 2 nitrogen and oxygen atoms in total. The molecule has 3 aromatic carbocycles. The third kappa shape index (κ3) is 6.16. The van der Waals surface area contributed by atoms with Crippen molar-refractivity contribution in [2.75, 3.05) is 10.6 Å². The lowest BCUT2D eigenvalue weighted by Gasteiger charge is -2.11. The van der Waals surface area contributed by atoms with Crippen molar-refractivity contribution < 1.29 is 0 Å². The van der Waals surface area contributed by atoms with Crippen LogP contribution >= 0.6 is 0 Å². The van der Waals surface area contributed by atoms with E-state index in [0.717, 1.165) is 35.6 Å².